The summed E-state index contributed by atoms with van der Waals surface area (Å²) < 4.78 is 13.1. The second kappa shape index (κ2) is 4.22. The number of hydrogen-bond acceptors (Lipinski definition) is 4. The van der Waals surface area contributed by atoms with E-state index < -0.39 is 39.4 Å². The molecule has 0 saturated carbocycles. The molecular weight excluding hydrogens is 229 g/mol. The molecule has 0 saturated heterocycles. The van der Waals surface area contributed by atoms with E-state index in [1.165, 1.54) is 0 Å². The number of benzene rings is 1. The number of nitro groups is 1. The number of nitro benzene ring substituents is 1. The lowest BCUT2D eigenvalue weighted by atomic mass is 10.1. The predicted molar refractivity (Wildman–Crippen MR) is 49.8 cm³/mol. The first kappa shape index (κ1) is 11.4. The van der Waals surface area contributed by atoms with Gasteiger partial charge in [0.2, 0.25) is 0 Å². The van der Waals surface area contributed by atoms with Crippen molar-refractivity contribution in [2.75, 3.05) is 5.88 Å². The number of ketones is 1. The fourth-order valence-electron chi connectivity index (χ4n) is 0.983. The molecule has 1 aromatic carbocycles. The molecule has 0 aliphatic heterocycles. The van der Waals surface area contributed by atoms with Crippen LogP contribution >= 0.6 is 11.6 Å². The lowest BCUT2D eigenvalue weighted by Gasteiger charge is -2.01. The molecule has 15 heavy (non-hydrogen) atoms. The molecule has 1 aromatic rings. The number of halogens is 2. The van der Waals surface area contributed by atoms with Crippen LogP contribution in [0.1, 0.15) is 10.4 Å². The van der Waals surface area contributed by atoms with Crippen LogP contribution in [0, 0.1) is 15.9 Å². The Morgan fingerprint density at radius 1 is 1.60 bits per heavy atom. The number of phenols is 1. The number of alkyl halides is 1. The summed E-state index contributed by atoms with van der Waals surface area (Å²) in [5.41, 5.74) is -1.24. The third-order valence-electron chi connectivity index (χ3n) is 1.68. The molecule has 0 radical (unpaired) electrons. The minimum Gasteiger partial charge on any atom is -0.502 e. The average Bonchev–Trinajstić information content (AvgIpc) is 2.16. The molecule has 0 bridgehead atoms. The number of carbonyl (C=O) groups is 1. The highest BCUT2D eigenvalue weighted by atomic mass is 35.5. The van der Waals surface area contributed by atoms with Gasteiger partial charge in [-0.15, -0.1) is 11.6 Å². The number of aromatic hydroxyl groups is 1. The van der Waals surface area contributed by atoms with E-state index in [0.29, 0.717) is 12.1 Å². The Labute approximate surface area is 88.2 Å². The molecule has 0 heterocycles. The Morgan fingerprint density at radius 2 is 2.20 bits per heavy atom. The van der Waals surface area contributed by atoms with Gasteiger partial charge in [-0.3, -0.25) is 14.9 Å². The molecule has 5 nitrogen and oxygen atoms in total. The fraction of sp³-hybridized carbons (Fsp3) is 0.125. The monoisotopic (exact) mass is 233 g/mol. The van der Waals surface area contributed by atoms with E-state index in [4.69, 9.17) is 16.7 Å². The first-order valence-corrected chi connectivity index (χ1v) is 4.27. The van der Waals surface area contributed by atoms with Gasteiger partial charge in [0.25, 0.3) is 0 Å². The summed E-state index contributed by atoms with van der Waals surface area (Å²) in [7, 11) is 0. The third-order valence-corrected chi connectivity index (χ3v) is 1.93. The Morgan fingerprint density at radius 3 is 2.67 bits per heavy atom. The summed E-state index contributed by atoms with van der Waals surface area (Å²) in [6.45, 7) is 0. The van der Waals surface area contributed by atoms with Crippen molar-refractivity contribution < 1.29 is 19.2 Å². The van der Waals surface area contributed by atoms with E-state index >= 15 is 0 Å². The van der Waals surface area contributed by atoms with E-state index in [2.05, 4.69) is 0 Å². The predicted octanol–water partition coefficient (Wildman–Crippen LogP) is 1.86. The Bertz CT molecular complexity index is 435. The largest absolute Gasteiger partial charge is 0.502 e. The van der Waals surface area contributed by atoms with Crippen molar-refractivity contribution in [2.45, 2.75) is 0 Å². The number of hydrogen-bond donors (Lipinski definition) is 1. The average molecular weight is 234 g/mol. The van der Waals surface area contributed by atoms with Crippen LogP contribution in [0.4, 0.5) is 10.1 Å². The van der Waals surface area contributed by atoms with Gasteiger partial charge in [-0.25, -0.2) is 4.39 Å². The molecule has 1 N–H and O–H groups in total. The zero-order valence-corrected chi connectivity index (χ0v) is 7.99. The Balaban J connectivity index is 3.36. The van der Waals surface area contributed by atoms with Crippen LogP contribution in [0.15, 0.2) is 12.1 Å². The van der Waals surface area contributed by atoms with Crippen LogP contribution in [-0.2, 0) is 0 Å². The minimum absolute atomic E-state index is 0.487. The maximum absolute atomic E-state index is 13.1. The minimum atomic E-state index is -1.04. The molecule has 0 aliphatic carbocycles. The van der Waals surface area contributed by atoms with Crippen LogP contribution < -0.4 is 0 Å². The molecule has 1 rings (SSSR count). The maximum atomic E-state index is 13.1. The van der Waals surface area contributed by atoms with Crippen LogP contribution in [0.3, 0.4) is 0 Å². The number of carbonyl (C=O) groups excluding carboxylic acids is 1. The van der Waals surface area contributed by atoms with Crippen molar-refractivity contribution in [3.8, 4) is 5.75 Å². The van der Waals surface area contributed by atoms with E-state index in [1.807, 2.05) is 0 Å². The number of rotatable bonds is 3. The SMILES string of the molecule is O=C(CCl)c1cc([N+](=O)[O-])c(O)cc1F. The second-order valence-electron chi connectivity index (χ2n) is 2.63. The topological polar surface area (TPSA) is 80.4 Å². The summed E-state index contributed by atoms with van der Waals surface area (Å²) in [6.07, 6.45) is 0. The van der Waals surface area contributed by atoms with Crippen LogP contribution in [0.25, 0.3) is 0 Å². The number of nitrogens with zero attached hydrogens (tertiary/aromatic N) is 1. The van der Waals surface area contributed by atoms with Crippen molar-refractivity contribution >= 4 is 23.1 Å². The lowest BCUT2D eigenvalue weighted by Crippen LogP contribution is -2.04. The molecule has 0 spiro atoms. The van der Waals surface area contributed by atoms with Crippen LogP contribution in [0.5, 0.6) is 5.75 Å². The highest BCUT2D eigenvalue weighted by molar-refractivity contribution is 6.30. The van der Waals surface area contributed by atoms with Gasteiger partial charge < -0.3 is 5.11 Å². The van der Waals surface area contributed by atoms with Crippen LogP contribution in [-0.4, -0.2) is 21.7 Å². The van der Waals surface area contributed by atoms with Gasteiger partial charge in [-0.2, -0.15) is 0 Å². The van der Waals surface area contributed by atoms with Crippen molar-refractivity contribution in [3.05, 3.63) is 33.6 Å². The first-order valence-electron chi connectivity index (χ1n) is 3.73. The summed E-state index contributed by atoms with van der Waals surface area (Å²) in [6, 6.07) is 1.17. The van der Waals surface area contributed by atoms with Crippen molar-refractivity contribution in [2.24, 2.45) is 0 Å². The van der Waals surface area contributed by atoms with Crippen molar-refractivity contribution in [1.29, 1.82) is 0 Å². The van der Waals surface area contributed by atoms with E-state index in [1.54, 1.807) is 0 Å². The lowest BCUT2D eigenvalue weighted by molar-refractivity contribution is -0.385. The summed E-state index contributed by atoms with van der Waals surface area (Å²) in [5.74, 6) is -3.14. The van der Waals surface area contributed by atoms with Crippen molar-refractivity contribution in [3.63, 3.8) is 0 Å². The Hall–Kier alpha value is -1.69. The molecule has 0 atom stereocenters. The van der Waals surface area contributed by atoms with E-state index in [-0.39, 0.29) is 0 Å². The molecule has 0 amide bonds. The van der Waals surface area contributed by atoms with Gasteiger partial charge in [0.15, 0.2) is 11.5 Å². The normalized spacial score (nSPS) is 10.0. The van der Waals surface area contributed by atoms with E-state index in [9.17, 15) is 19.3 Å². The van der Waals surface area contributed by atoms with Gasteiger partial charge in [0.05, 0.1) is 16.4 Å². The molecule has 0 fully saturated rings. The van der Waals surface area contributed by atoms with Gasteiger partial charge in [0, 0.05) is 12.1 Å². The zero-order valence-electron chi connectivity index (χ0n) is 7.24. The highest BCUT2D eigenvalue weighted by Gasteiger charge is 2.21. The summed E-state index contributed by atoms with van der Waals surface area (Å²) in [4.78, 5) is 20.5. The van der Waals surface area contributed by atoms with Crippen LogP contribution in [0.2, 0.25) is 0 Å². The van der Waals surface area contributed by atoms with Gasteiger partial charge in [-0.05, 0) is 0 Å². The summed E-state index contributed by atoms with van der Waals surface area (Å²) >= 11 is 5.18. The van der Waals surface area contributed by atoms with E-state index in [0.717, 1.165) is 0 Å². The van der Waals surface area contributed by atoms with Crippen molar-refractivity contribution in [1.82, 2.24) is 0 Å². The second-order valence-corrected chi connectivity index (χ2v) is 2.90. The zero-order chi connectivity index (χ0) is 11.6. The molecular formula is C8H5ClFNO4. The fourth-order valence-corrected chi connectivity index (χ4v) is 1.13. The molecule has 0 aliphatic rings. The molecule has 80 valence electrons. The standard InChI is InChI=1S/C8H5ClFNO4/c9-3-8(13)4-1-6(11(14)15)7(12)2-5(4)10/h1-2,12H,3H2. The molecule has 7 heteroatoms. The smallest absolute Gasteiger partial charge is 0.311 e. The highest BCUT2D eigenvalue weighted by Crippen LogP contribution is 2.28. The van der Waals surface area contributed by atoms with Gasteiger partial charge in [-0.1, -0.05) is 0 Å². The third kappa shape index (κ3) is 2.21. The molecule has 0 unspecified atom stereocenters. The van der Waals surface area contributed by atoms with Gasteiger partial charge >= 0.3 is 5.69 Å². The van der Waals surface area contributed by atoms with Gasteiger partial charge in [0.1, 0.15) is 5.82 Å². The molecule has 0 aromatic heterocycles. The quantitative estimate of drug-likeness (QED) is 0.374. The first-order chi connectivity index (χ1) is 6.97. The maximum Gasteiger partial charge on any atom is 0.311 e. The Kier molecular flexibility index (Phi) is 3.21. The number of Topliss-reactive ketones (excluding diaryl/α,β-unsaturated/α-hetero) is 1. The number of phenolic OH excluding ortho intramolecular Hbond substituents is 1. The summed E-state index contributed by atoms with van der Waals surface area (Å²) in [5, 5.41) is 19.4.